The molecule has 3 nitrogen and oxygen atoms in total. The van der Waals surface area contributed by atoms with E-state index >= 15 is 0 Å². The highest BCUT2D eigenvalue weighted by Gasteiger charge is 2.18. The van der Waals surface area contributed by atoms with E-state index in [0.29, 0.717) is 6.04 Å². The van der Waals surface area contributed by atoms with Crippen LogP contribution in [0.25, 0.3) is 0 Å². The van der Waals surface area contributed by atoms with Crippen molar-refractivity contribution >= 4 is 11.6 Å². The van der Waals surface area contributed by atoms with Crippen molar-refractivity contribution in [1.82, 2.24) is 4.57 Å². The minimum atomic E-state index is -0.0241. The third kappa shape index (κ3) is 2.94. The van der Waals surface area contributed by atoms with Crippen molar-refractivity contribution < 1.29 is 4.79 Å². The van der Waals surface area contributed by atoms with Crippen molar-refractivity contribution in [2.75, 3.05) is 5.32 Å². The molecule has 1 heterocycles. The quantitative estimate of drug-likeness (QED) is 0.863. The summed E-state index contributed by atoms with van der Waals surface area (Å²) in [7, 11) is 0. The Morgan fingerprint density at radius 1 is 1.23 bits per heavy atom. The molecule has 118 valence electrons. The van der Waals surface area contributed by atoms with Gasteiger partial charge in [0.1, 0.15) is 0 Å². The molecule has 0 aliphatic rings. The maximum atomic E-state index is 12.7. The topological polar surface area (TPSA) is 34.0 Å². The molecule has 2 aromatic rings. The Kier molecular flexibility index (Phi) is 4.74. The smallest absolute Gasteiger partial charge is 0.257 e. The first-order valence-electron chi connectivity index (χ1n) is 7.95. The van der Waals surface area contributed by atoms with Gasteiger partial charge in [0, 0.05) is 23.1 Å². The van der Waals surface area contributed by atoms with Crippen LogP contribution in [0.5, 0.6) is 0 Å². The van der Waals surface area contributed by atoms with Crippen LogP contribution in [0.1, 0.15) is 59.7 Å². The SMILES string of the molecule is CCc1cccc(C)c1NC(=O)c1cc(C)n(C(C)C)c1C. The summed E-state index contributed by atoms with van der Waals surface area (Å²) in [5, 5.41) is 3.11. The number of carbonyl (C=O) groups is 1. The van der Waals surface area contributed by atoms with Crippen molar-refractivity contribution in [3.63, 3.8) is 0 Å². The Bertz CT molecular complexity index is 696. The summed E-state index contributed by atoms with van der Waals surface area (Å²) in [5.74, 6) is -0.0241. The van der Waals surface area contributed by atoms with Crippen LogP contribution in [0.4, 0.5) is 5.69 Å². The molecule has 0 saturated carbocycles. The largest absolute Gasteiger partial charge is 0.346 e. The zero-order valence-corrected chi connectivity index (χ0v) is 14.4. The zero-order chi connectivity index (χ0) is 16.4. The van der Waals surface area contributed by atoms with Gasteiger partial charge in [0.05, 0.1) is 5.56 Å². The van der Waals surface area contributed by atoms with E-state index in [4.69, 9.17) is 0 Å². The number of nitrogens with zero attached hydrogens (tertiary/aromatic N) is 1. The van der Waals surface area contributed by atoms with E-state index in [1.54, 1.807) is 0 Å². The molecule has 1 aromatic heterocycles. The van der Waals surface area contributed by atoms with Gasteiger partial charge in [0.2, 0.25) is 0 Å². The number of para-hydroxylation sites is 1. The number of benzene rings is 1. The van der Waals surface area contributed by atoms with Gasteiger partial charge in [-0.1, -0.05) is 25.1 Å². The summed E-state index contributed by atoms with van der Waals surface area (Å²) >= 11 is 0. The molecule has 0 radical (unpaired) electrons. The van der Waals surface area contributed by atoms with E-state index in [9.17, 15) is 4.79 Å². The summed E-state index contributed by atoms with van der Waals surface area (Å²) < 4.78 is 2.20. The third-order valence-corrected chi connectivity index (χ3v) is 4.22. The lowest BCUT2D eigenvalue weighted by molar-refractivity contribution is 0.102. The highest BCUT2D eigenvalue weighted by molar-refractivity contribution is 6.06. The Hall–Kier alpha value is -2.03. The standard InChI is InChI=1S/C19H26N2O/c1-7-16-10-8-9-13(4)18(16)20-19(22)17-11-14(5)21(12(2)3)15(17)6/h8-12H,7H2,1-6H3,(H,20,22). The fraction of sp³-hybridized carbons (Fsp3) is 0.421. The second kappa shape index (κ2) is 6.39. The van der Waals surface area contributed by atoms with Crippen molar-refractivity contribution in [3.8, 4) is 0 Å². The number of nitrogens with one attached hydrogen (secondary N) is 1. The Balaban J connectivity index is 2.37. The van der Waals surface area contributed by atoms with Gasteiger partial charge in [-0.2, -0.15) is 0 Å². The predicted octanol–water partition coefficient (Wildman–Crippen LogP) is 4.81. The van der Waals surface area contributed by atoms with Crippen molar-refractivity contribution in [3.05, 3.63) is 52.3 Å². The molecule has 0 spiro atoms. The molecular weight excluding hydrogens is 272 g/mol. The lowest BCUT2D eigenvalue weighted by atomic mass is 10.1. The predicted molar refractivity (Wildman–Crippen MR) is 92.8 cm³/mol. The summed E-state index contributed by atoms with van der Waals surface area (Å²) in [5.41, 5.74) is 6.13. The number of aromatic nitrogens is 1. The van der Waals surface area contributed by atoms with Gasteiger partial charge < -0.3 is 9.88 Å². The van der Waals surface area contributed by atoms with Crippen LogP contribution in [0.3, 0.4) is 0 Å². The fourth-order valence-electron chi connectivity index (χ4n) is 3.18. The molecule has 0 fully saturated rings. The maximum Gasteiger partial charge on any atom is 0.257 e. The summed E-state index contributed by atoms with van der Waals surface area (Å²) in [6, 6.07) is 8.47. The van der Waals surface area contributed by atoms with Crippen LogP contribution in [-0.4, -0.2) is 10.5 Å². The zero-order valence-electron chi connectivity index (χ0n) is 14.4. The Morgan fingerprint density at radius 2 is 1.91 bits per heavy atom. The lowest BCUT2D eigenvalue weighted by Gasteiger charge is -2.15. The minimum Gasteiger partial charge on any atom is -0.346 e. The van der Waals surface area contributed by atoms with Gasteiger partial charge in [-0.15, -0.1) is 0 Å². The lowest BCUT2D eigenvalue weighted by Crippen LogP contribution is -2.15. The molecule has 0 aliphatic heterocycles. The molecule has 0 unspecified atom stereocenters. The van der Waals surface area contributed by atoms with Gasteiger partial charge in [0.15, 0.2) is 0 Å². The number of rotatable bonds is 4. The monoisotopic (exact) mass is 298 g/mol. The van der Waals surface area contributed by atoms with Crippen molar-refractivity contribution in [2.45, 2.75) is 54.0 Å². The molecule has 0 bridgehead atoms. The molecule has 0 saturated heterocycles. The molecule has 0 atom stereocenters. The van der Waals surface area contributed by atoms with E-state index < -0.39 is 0 Å². The maximum absolute atomic E-state index is 12.7. The second-order valence-electron chi connectivity index (χ2n) is 6.17. The van der Waals surface area contributed by atoms with Gasteiger partial charge in [-0.25, -0.2) is 0 Å². The second-order valence-corrected chi connectivity index (χ2v) is 6.17. The molecule has 2 rings (SSSR count). The van der Waals surface area contributed by atoms with Crippen LogP contribution < -0.4 is 5.32 Å². The first-order valence-corrected chi connectivity index (χ1v) is 7.95. The summed E-state index contributed by atoms with van der Waals surface area (Å²) in [6.45, 7) is 12.5. The highest BCUT2D eigenvalue weighted by atomic mass is 16.1. The first-order chi connectivity index (χ1) is 10.4. The summed E-state index contributed by atoms with van der Waals surface area (Å²) in [6.07, 6.45) is 0.905. The van der Waals surface area contributed by atoms with Gasteiger partial charge in [0.25, 0.3) is 5.91 Å². The molecule has 1 amide bonds. The van der Waals surface area contributed by atoms with Crippen molar-refractivity contribution in [2.24, 2.45) is 0 Å². The number of hydrogen-bond acceptors (Lipinski definition) is 1. The van der Waals surface area contributed by atoms with E-state index in [0.717, 1.165) is 34.6 Å². The number of anilines is 1. The van der Waals surface area contributed by atoms with Gasteiger partial charge in [-0.05, 0) is 58.2 Å². The molecule has 1 N–H and O–H groups in total. The van der Waals surface area contributed by atoms with E-state index in [2.05, 4.69) is 43.6 Å². The van der Waals surface area contributed by atoms with Gasteiger partial charge >= 0.3 is 0 Å². The van der Waals surface area contributed by atoms with Gasteiger partial charge in [-0.3, -0.25) is 4.79 Å². The minimum absolute atomic E-state index is 0.0241. The van der Waals surface area contributed by atoms with Crippen LogP contribution in [0.2, 0.25) is 0 Å². The average molecular weight is 298 g/mol. The molecule has 3 heteroatoms. The molecule has 0 aliphatic carbocycles. The van der Waals surface area contributed by atoms with Crippen molar-refractivity contribution in [1.29, 1.82) is 0 Å². The number of aryl methyl sites for hydroxylation is 3. The molecule has 22 heavy (non-hydrogen) atoms. The Labute approximate surface area is 133 Å². The van der Waals surface area contributed by atoms with E-state index in [1.165, 1.54) is 5.56 Å². The number of hydrogen-bond donors (Lipinski definition) is 1. The number of amides is 1. The van der Waals surface area contributed by atoms with Crippen LogP contribution in [0.15, 0.2) is 24.3 Å². The number of carbonyl (C=O) groups excluding carboxylic acids is 1. The van der Waals surface area contributed by atoms with Crippen LogP contribution in [0, 0.1) is 20.8 Å². The normalized spacial score (nSPS) is 11.0. The Morgan fingerprint density at radius 3 is 2.45 bits per heavy atom. The van der Waals surface area contributed by atoms with Crippen LogP contribution >= 0.6 is 0 Å². The molecule has 1 aromatic carbocycles. The molecular formula is C19H26N2O. The fourth-order valence-corrected chi connectivity index (χ4v) is 3.18. The first kappa shape index (κ1) is 16.3. The van der Waals surface area contributed by atoms with E-state index in [1.807, 2.05) is 32.0 Å². The van der Waals surface area contributed by atoms with E-state index in [-0.39, 0.29) is 5.91 Å². The summed E-state index contributed by atoms with van der Waals surface area (Å²) in [4.78, 5) is 12.7. The van der Waals surface area contributed by atoms with Crippen LogP contribution in [-0.2, 0) is 6.42 Å². The average Bonchev–Trinajstić information content (AvgIpc) is 2.76. The third-order valence-electron chi connectivity index (χ3n) is 4.22. The highest BCUT2D eigenvalue weighted by Crippen LogP contribution is 2.24.